The van der Waals surface area contributed by atoms with Gasteiger partial charge in [-0.05, 0) is 0 Å². The van der Waals surface area contributed by atoms with E-state index in [0.717, 1.165) is 0 Å². The maximum absolute atomic E-state index is 10.8. The van der Waals surface area contributed by atoms with Crippen molar-refractivity contribution in [2.45, 2.75) is 12.2 Å². The number of aliphatic hydroxyl groups excluding tert-OH is 1. The van der Waals surface area contributed by atoms with Crippen molar-refractivity contribution in [1.82, 2.24) is 0 Å². The van der Waals surface area contributed by atoms with E-state index < -0.39 is 12.1 Å². The Bertz CT molecular complexity index is 146. The van der Waals surface area contributed by atoms with E-state index in [-0.39, 0.29) is 12.6 Å². The molecule has 0 bridgehead atoms. The van der Waals surface area contributed by atoms with Crippen LogP contribution in [0.15, 0.2) is 0 Å². The lowest BCUT2D eigenvalue weighted by atomic mass is 10.3. The van der Waals surface area contributed by atoms with E-state index in [1.165, 1.54) is 0 Å². The molecular weight excluding hydrogens is 150 g/mol. The van der Waals surface area contributed by atoms with Gasteiger partial charge < -0.3 is 20.3 Å². The summed E-state index contributed by atoms with van der Waals surface area (Å²) < 4.78 is 9.50. The van der Waals surface area contributed by atoms with Gasteiger partial charge in [-0.1, -0.05) is 0 Å². The minimum Gasteiger partial charge on any atom is -0.455 e. The molecule has 5 nitrogen and oxygen atoms in total. The van der Waals surface area contributed by atoms with Gasteiger partial charge in [-0.2, -0.15) is 0 Å². The molecule has 1 atom stereocenters. The summed E-state index contributed by atoms with van der Waals surface area (Å²) in [5.41, 5.74) is 5.03. The van der Waals surface area contributed by atoms with Crippen molar-refractivity contribution in [3.8, 4) is 0 Å². The van der Waals surface area contributed by atoms with E-state index in [4.69, 9.17) is 20.3 Å². The maximum atomic E-state index is 10.8. The van der Waals surface area contributed by atoms with Gasteiger partial charge in [-0.15, -0.1) is 0 Å². The molecule has 1 saturated heterocycles. The third-order valence-electron chi connectivity index (χ3n) is 1.39. The fraction of sp³-hybridized carbons (Fsp3) is 0.833. The van der Waals surface area contributed by atoms with Crippen LogP contribution in [0.4, 0.5) is 0 Å². The zero-order chi connectivity index (χ0) is 8.27. The molecule has 5 heteroatoms. The van der Waals surface area contributed by atoms with Gasteiger partial charge in [-0.3, -0.25) is 0 Å². The number of rotatable bonds is 3. The molecule has 3 N–H and O–H groups in total. The topological polar surface area (TPSA) is 81.8 Å². The summed E-state index contributed by atoms with van der Waals surface area (Å²) in [6.07, 6.45) is -1.39. The first-order chi connectivity index (χ1) is 5.24. The lowest BCUT2D eigenvalue weighted by Gasteiger charge is -2.26. The SMILES string of the molecule is NC[C@H](O)C(=O)OC1COC1. The van der Waals surface area contributed by atoms with Crippen LogP contribution >= 0.6 is 0 Å². The third kappa shape index (κ3) is 2.14. The lowest BCUT2D eigenvalue weighted by Crippen LogP contribution is -2.42. The molecule has 0 unspecified atom stereocenters. The fourth-order valence-corrected chi connectivity index (χ4v) is 0.621. The molecule has 1 aliphatic rings. The van der Waals surface area contributed by atoms with Crippen LogP contribution in [0.3, 0.4) is 0 Å². The van der Waals surface area contributed by atoms with E-state index in [2.05, 4.69) is 0 Å². The highest BCUT2D eigenvalue weighted by Gasteiger charge is 2.25. The zero-order valence-electron chi connectivity index (χ0n) is 6.03. The van der Waals surface area contributed by atoms with Crippen molar-refractivity contribution < 1.29 is 19.4 Å². The third-order valence-corrected chi connectivity index (χ3v) is 1.39. The average molecular weight is 161 g/mol. The quantitative estimate of drug-likeness (QED) is 0.479. The standard InChI is InChI=1S/C6H11NO4/c7-1-5(8)6(9)11-4-2-10-3-4/h4-5,8H,1-3,7H2/t5-/m0/s1. The first-order valence-electron chi connectivity index (χ1n) is 3.40. The molecule has 11 heavy (non-hydrogen) atoms. The molecular formula is C6H11NO4. The summed E-state index contributed by atoms with van der Waals surface area (Å²) in [7, 11) is 0. The summed E-state index contributed by atoms with van der Waals surface area (Å²) in [4.78, 5) is 10.8. The molecule has 64 valence electrons. The molecule has 1 heterocycles. The predicted octanol–water partition coefficient (Wildman–Crippen LogP) is -1.75. The highest BCUT2D eigenvalue weighted by atomic mass is 16.6. The maximum Gasteiger partial charge on any atom is 0.336 e. The molecule has 0 spiro atoms. The first-order valence-corrected chi connectivity index (χ1v) is 3.40. The molecule has 0 aromatic rings. The predicted molar refractivity (Wildman–Crippen MR) is 35.8 cm³/mol. The molecule has 0 aromatic heterocycles. The van der Waals surface area contributed by atoms with E-state index in [0.29, 0.717) is 13.2 Å². The van der Waals surface area contributed by atoms with Gasteiger partial charge >= 0.3 is 5.97 Å². The molecule has 0 amide bonds. The minimum atomic E-state index is -1.20. The Morgan fingerprint density at radius 3 is 2.82 bits per heavy atom. The van der Waals surface area contributed by atoms with E-state index in [9.17, 15) is 4.79 Å². The Morgan fingerprint density at radius 1 is 1.82 bits per heavy atom. The summed E-state index contributed by atoms with van der Waals surface area (Å²) in [5.74, 6) is -0.666. The number of carbonyl (C=O) groups is 1. The van der Waals surface area contributed by atoms with Gasteiger partial charge in [0.15, 0.2) is 6.10 Å². The number of ether oxygens (including phenoxy) is 2. The Morgan fingerprint density at radius 2 is 2.45 bits per heavy atom. The number of hydrogen-bond donors (Lipinski definition) is 2. The number of hydrogen-bond acceptors (Lipinski definition) is 5. The van der Waals surface area contributed by atoms with Crippen LogP contribution in [0.1, 0.15) is 0 Å². The average Bonchev–Trinajstić information content (AvgIpc) is 1.94. The fourth-order valence-electron chi connectivity index (χ4n) is 0.621. The van der Waals surface area contributed by atoms with Crippen molar-refractivity contribution in [3.05, 3.63) is 0 Å². The van der Waals surface area contributed by atoms with Gasteiger partial charge in [-0.25, -0.2) is 4.79 Å². The van der Waals surface area contributed by atoms with Crippen LogP contribution in [0.2, 0.25) is 0 Å². The molecule has 1 rings (SSSR count). The number of carbonyl (C=O) groups excluding carboxylic acids is 1. The molecule has 0 aromatic carbocycles. The number of aliphatic hydroxyl groups is 1. The monoisotopic (exact) mass is 161 g/mol. The smallest absolute Gasteiger partial charge is 0.336 e. The summed E-state index contributed by atoms with van der Waals surface area (Å²) in [6.45, 7) is 0.735. The van der Waals surface area contributed by atoms with Gasteiger partial charge in [0.25, 0.3) is 0 Å². The van der Waals surface area contributed by atoms with Gasteiger partial charge in [0.05, 0.1) is 13.2 Å². The van der Waals surface area contributed by atoms with Crippen LogP contribution in [0.25, 0.3) is 0 Å². The summed E-state index contributed by atoms with van der Waals surface area (Å²) >= 11 is 0. The van der Waals surface area contributed by atoms with Crippen LogP contribution in [-0.2, 0) is 14.3 Å². The van der Waals surface area contributed by atoms with Gasteiger partial charge in [0, 0.05) is 6.54 Å². The second-order valence-corrected chi connectivity index (χ2v) is 2.35. The Hall–Kier alpha value is -0.650. The van der Waals surface area contributed by atoms with Crippen molar-refractivity contribution in [2.75, 3.05) is 19.8 Å². The largest absolute Gasteiger partial charge is 0.455 e. The molecule has 0 saturated carbocycles. The lowest BCUT2D eigenvalue weighted by molar-refractivity contribution is -0.180. The normalized spacial score (nSPS) is 20.5. The molecule has 1 aliphatic heterocycles. The highest BCUT2D eigenvalue weighted by molar-refractivity contribution is 5.74. The van der Waals surface area contributed by atoms with Crippen molar-refractivity contribution in [2.24, 2.45) is 5.73 Å². The van der Waals surface area contributed by atoms with Gasteiger partial charge in [0.1, 0.15) is 6.10 Å². The second-order valence-electron chi connectivity index (χ2n) is 2.35. The number of nitrogens with two attached hydrogens (primary N) is 1. The van der Waals surface area contributed by atoms with E-state index >= 15 is 0 Å². The Balaban J connectivity index is 2.19. The van der Waals surface area contributed by atoms with Crippen LogP contribution < -0.4 is 5.73 Å². The van der Waals surface area contributed by atoms with Crippen LogP contribution in [-0.4, -0.2) is 43.0 Å². The molecule has 0 radical (unpaired) electrons. The molecule has 0 aliphatic carbocycles. The summed E-state index contributed by atoms with van der Waals surface area (Å²) in [6, 6.07) is 0. The second kappa shape index (κ2) is 3.66. The Kier molecular flexibility index (Phi) is 2.81. The van der Waals surface area contributed by atoms with E-state index in [1.54, 1.807) is 0 Å². The minimum absolute atomic E-state index is 0.105. The van der Waals surface area contributed by atoms with Crippen molar-refractivity contribution in [1.29, 1.82) is 0 Å². The van der Waals surface area contributed by atoms with Crippen LogP contribution in [0, 0.1) is 0 Å². The zero-order valence-corrected chi connectivity index (χ0v) is 6.03. The highest BCUT2D eigenvalue weighted by Crippen LogP contribution is 2.06. The van der Waals surface area contributed by atoms with Crippen molar-refractivity contribution >= 4 is 5.97 Å². The molecule has 1 fully saturated rings. The number of esters is 1. The van der Waals surface area contributed by atoms with Crippen LogP contribution in [0.5, 0.6) is 0 Å². The first kappa shape index (κ1) is 8.45. The van der Waals surface area contributed by atoms with E-state index in [1.807, 2.05) is 0 Å². The van der Waals surface area contributed by atoms with Crippen molar-refractivity contribution in [3.63, 3.8) is 0 Å². The summed E-state index contributed by atoms with van der Waals surface area (Å²) in [5, 5.41) is 8.85. The Labute approximate surface area is 64.1 Å². The van der Waals surface area contributed by atoms with Gasteiger partial charge in [0.2, 0.25) is 0 Å².